The Kier molecular flexibility index (Phi) is 6.61. The standard InChI is InChI=1S/C21H24F3N3O3S/c1-14(27(2)16-10-11-16)13-25-20(28)18-8-3-4-9-19(18)26-31(29,30)17-7-5-6-15(12-17)21(22,23)24/h3-9,12,14,16,26H,10-11,13H2,1-2H3,(H,25,28). The highest BCUT2D eigenvalue weighted by Crippen LogP contribution is 2.31. The van der Waals surface area contributed by atoms with Crippen LogP contribution in [0.1, 0.15) is 35.7 Å². The Morgan fingerprint density at radius 3 is 2.48 bits per heavy atom. The Labute approximate surface area is 179 Å². The molecule has 31 heavy (non-hydrogen) atoms. The number of para-hydroxylation sites is 1. The highest BCUT2D eigenvalue weighted by Gasteiger charge is 2.32. The van der Waals surface area contributed by atoms with Gasteiger partial charge < -0.3 is 5.32 Å². The van der Waals surface area contributed by atoms with Crippen molar-refractivity contribution in [3.63, 3.8) is 0 Å². The van der Waals surface area contributed by atoms with Gasteiger partial charge in [0.15, 0.2) is 0 Å². The highest BCUT2D eigenvalue weighted by atomic mass is 32.2. The molecule has 0 aromatic heterocycles. The van der Waals surface area contributed by atoms with Crippen molar-refractivity contribution in [3.05, 3.63) is 59.7 Å². The van der Waals surface area contributed by atoms with Gasteiger partial charge in [0.25, 0.3) is 15.9 Å². The van der Waals surface area contributed by atoms with Gasteiger partial charge in [-0.15, -0.1) is 0 Å². The second-order valence-corrected chi connectivity index (χ2v) is 9.31. The molecular weight excluding hydrogens is 431 g/mol. The minimum absolute atomic E-state index is 0.0133. The molecular formula is C21H24F3N3O3S. The molecule has 0 heterocycles. The average Bonchev–Trinajstić information content (AvgIpc) is 3.56. The smallest absolute Gasteiger partial charge is 0.350 e. The maximum Gasteiger partial charge on any atom is 0.416 e. The van der Waals surface area contributed by atoms with E-state index in [0.29, 0.717) is 18.7 Å². The molecule has 10 heteroatoms. The number of anilines is 1. The molecule has 3 rings (SSSR count). The number of halogens is 3. The number of likely N-dealkylation sites (N-methyl/N-ethyl adjacent to an activating group) is 1. The first kappa shape index (κ1) is 23.1. The van der Waals surface area contributed by atoms with Crippen LogP contribution in [0.3, 0.4) is 0 Å². The normalized spacial score (nSPS) is 15.5. The number of amides is 1. The van der Waals surface area contributed by atoms with Crippen LogP contribution in [0.2, 0.25) is 0 Å². The maximum atomic E-state index is 12.9. The number of rotatable bonds is 8. The molecule has 168 valence electrons. The van der Waals surface area contributed by atoms with E-state index >= 15 is 0 Å². The summed E-state index contributed by atoms with van der Waals surface area (Å²) in [5.41, 5.74) is -1.00. The molecule has 2 aromatic rings. The van der Waals surface area contributed by atoms with E-state index < -0.39 is 32.6 Å². The van der Waals surface area contributed by atoms with Crippen molar-refractivity contribution in [2.75, 3.05) is 18.3 Å². The molecule has 1 unspecified atom stereocenters. The van der Waals surface area contributed by atoms with Gasteiger partial charge in [-0.25, -0.2) is 8.42 Å². The number of hydrogen-bond acceptors (Lipinski definition) is 4. The Bertz CT molecular complexity index is 1050. The van der Waals surface area contributed by atoms with E-state index in [1.54, 1.807) is 6.07 Å². The summed E-state index contributed by atoms with van der Waals surface area (Å²) in [5, 5.41) is 2.79. The third-order valence-corrected chi connectivity index (χ3v) is 6.63. The first-order valence-electron chi connectivity index (χ1n) is 9.78. The molecule has 0 aliphatic heterocycles. The van der Waals surface area contributed by atoms with Crippen LogP contribution >= 0.6 is 0 Å². The Morgan fingerprint density at radius 1 is 1.16 bits per heavy atom. The molecule has 1 amide bonds. The zero-order valence-corrected chi connectivity index (χ0v) is 17.9. The number of carbonyl (C=O) groups excluding carboxylic acids is 1. The van der Waals surface area contributed by atoms with Crippen molar-refractivity contribution in [2.45, 2.75) is 42.9 Å². The largest absolute Gasteiger partial charge is 0.416 e. The molecule has 2 aromatic carbocycles. The van der Waals surface area contributed by atoms with Crippen LogP contribution in [0.15, 0.2) is 53.4 Å². The third kappa shape index (κ3) is 5.76. The molecule has 1 atom stereocenters. The summed E-state index contributed by atoms with van der Waals surface area (Å²) in [6.07, 6.45) is -2.41. The number of nitrogens with zero attached hydrogens (tertiary/aromatic N) is 1. The fourth-order valence-electron chi connectivity index (χ4n) is 3.13. The summed E-state index contributed by atoms with van der Waals surface area (Å²) in [6, 6.07) is 10.0. The summed E-state index contributed by atoms with van der Waals surface area (Å²) in [6.45, 7) is 2.36. The molecule has 1 aliphatic carbocycles. The lowest BCUT2D eigenvalue weighted by molar-refractivity contribution is -0.137. The molecule has 6 nitrogen and oxygen atoms in total. The molecule has 0 radical (unpaired) electrons. The molecule has 1 aliphatic rings. The fourth-order valence-corrected chi connectivity index (χ4v) is 4.26. The molecule has 1 saturated carbocycles. The molecule has 2 N–H and O–H groups in total. The minimum Gasteiger partial charge on any atom is -0.350 e. The summed E-state index contributed by atoms with van der Waals surface area (Å²) in [5.74, 6) is -0.474. The van der Waals surface area contributed by atoms with E-state index in [-0.39, 0.29) is 17.3 Å². The topological polar surface area (TPSA) is 78.5 Å². The van der Waals surface area contributed by atoms with Gasteiger partial charge in [0.2, 0.25) is 0 Å². The second-order valence-electron chi connectivity index (χ2n) is 7.63. The Balaban J connectivity index is 1.76. The number of hydrogen-bond donors (Lipinski definition) is 2. The van der Waals surface area contributed by atoms with Crippen LogP contribution < -0.4 is 10.0 Å². The number of carbonyl (C=O) groups is 1. The van der Waals surface area contributed by atoms with Gasteiger partial charge in [0, 0.05) is 18.6 Å². The van der Waals surface area contributed by atoms with Gasteiger partial charge in [-0.3, -0.25) is 14.4 Å². The van der Waals surface area contributed by atoms with Gasteiger partial charge in [-0.1, -0.05) is 18.2 Å². The van der Waals surface area contributed by atoms with Gasteiger partial charge in [0.05, 0.1) is 21.7 Å². The number of benzene rings is 2. The van der Waals surface area contributed by atoms with Crippen LogP contribution in [0.25, 0.3) is 0 Å². The number of nitrogens with one attached hydrogen (secondary N) is 2. The highest BCUT2D eigenvalue weighted by molar-refractivity contribution is 7.92. The number of alkyl halides is 3. The van der Waals surface area contributed by atoms with E-state index in [9.17, 15) is 26.4 Å². The zero-order valence-electron chi connectivity index (χ0n) is 17.1. The SMILES string of the molecule is CC(CNC(=O)c1ccccc1NS(=O)(=O)c1cccc(C(F)(F)F)c1)N(C)C1CC1. The van der Waals surface area contributed by atoms with Crippen LogP contribution in [0.5, 0.6) is 0 Å². The van der Waals surface area contributed by atoms with E-state index in [1.165, 1.54) is 18.2 Å². The lowest BCUT2D eigenvalue weighted by Gasteiger charge is -2.24. The van der Waals surface area contributed by atoms with Crippen molar-refractivity contribution >= 4 is 21.6 Å². The van der Waals surface area contributed by atoms with Crippen LogP contribution in [0.4, 0.5) is 18.9 Å². The quantitative estimate of drug-likeness (QED) is 0.636. The zero-order chi connectivity index (χ0) is 22.8. The second kappa shape index (κ2) is 8.88. The van der Waals surface area contributed by atoms with E-state index in [1.807, 2.05) is 14.0 Å². The molecule has 0 spiro atoms. The van der Waals surface area contributed by atoms with E-state index in [4.69, 9.17) is 0 Å². The van der Waals surface area contributed by atoms with Crippen molar-refractivity contribution in [2.24, 2.45) is 0 Å². The molecule has 0 bridgehead atoms. The molecule has 1 fully saturated rings. The van der Waals surface area contributed by atoms with E-state index in [0.717, 1.165) is 31.0 Å². The summed E-state index contributed by atoms with van der Waals surface area (Å²) in [4.78, 5) is 14.3. The Hall–Kier alpha value is -2.59. The lowest BCUT2D eigenvalue weighted by atomic mass is 10.1. The minimum atomic E-state index is -4.67. The predicted octanol–water partition coefficient (Wildman–Crippen LogP) is 3.72. The summed E-state index contributed by atoms with van der Waals surface area (Å²) < 4.78 is 66.4. The maximum absolute atomic E-state index is 12.9. The first-order valence-corrected chi connectivity index (χ1v) is 11.3. The predicted molar refractivity (Wildman–Crippen MR) is 111 cm³/mol. The molecule has 0 saturated heterocycles. The van der Waals surface area contributed by atoms with Gasteiger partial charge in [-0.05, 0) is 57.1 Å². The third-order valence-electron chi connectivity index (χ3n) is 5.26. The van der Waals surface area contributed by atoms with Crippen molar-refractivity contribution < 1.29 is 26.4 Å². The van der Waals surface area contributed by atoms with Gasteiger partial charge in [0.1, 0.15) is 0 Å². The van der Waals surface area contributed by atoms with Crippen molar-refractivity contribution in [3.8, 4) is 0 Å². The van der Waals surface area contributed by atoms with Crippen molar-refractivity contribution in [1.82, 2.24) is 10.2 Å². The fraction of sp³-hybridized carbons (Fsp3) is 0.381. The number of sulfonamides is 1. The van der Waals surface area contributed by atoms with Crippen LogP contribution in [0, 0.1) is 0 Å². The summed E-state index contributed by atoms with van der Waals surface area (Å²) in [7, 11) is -2.35. The summed E-state index contributed by atoms with van der Waals surface area (Å²) >= 11 is 0. The van der Waals surface area contributed by atoms with Crippen LogP contribution in [-0.4, -0.2) is 44.9 Å². The van der Waals surface area contributed by atoms with Gasteiger partial charge in [-0.2, -0.15) is 13.2 Å². The monoisotopic (exact) mass is 455 g/mol. The van der Waals surface area contributed by atoms with Crippen LogP contribution in [-0.2, 0) is 16.2 Å². The average molecular weight is 456 g/mol. The Morgan fingerprint density at radius 2 is 1.84 bits per heavy atom. The van der Waals surface area contributed by atoms with E-state index in [2.05, 4.69) is 14.9 Å². The van der Waals surface area contributed by atoms with Crippen molar-refractivity contribution in [1.29, 1.82) is 0 Å². The first-order chi connectivity index (χ1) is 14.5. The lowest BCUT2D eigenvalue weighted by Crippen LogP contribution is -2.41. The van der Waals surface area contributed by atoms with Gasteiger partial charge >= 0.3 is 6.18 Å².